The van der Waals surface area contributed by atoms with Crippen LogP contribution in [0.2, 0.25) is 0 Å². The first-order valence-corrected chi connectivity index (χ1v) is 9.53. The van der Waals surface area contributed by atoms with Gasteiger partial charge in [-0.05, 0) is 54.9 Å². The van der Waals surface area contributed by atoms with E-state index < -0.39 is 0 Å². The molecule has 0 N–H and O–H groups in total. The molecule has 0 heterocycles. The van der Waals surface area contributed by atoms with Gasteiger partial charge in [0.25, 0.3) is 0 Å². The van der Waals surface area contributed by atoms with E-state index in [2.05, 4.69) is 61.5 Å². The molecule has 0 spiro atoms. The lowest BCUT2D eigenvalue weighted by molar-refractivity contribution is 0.636. The largest absolute Gasteiger partial charge is 0.0885 e. The van der Waals surface area contributed by atoms with Gasteiger partial charge in [0.15, 0.2) is 0 Å². The Balaban J connectivity index is 1.60. The maximum atomic E-state index is 2.39. The number of hydrogen-bond acceptors (Lipinski definition) is 0. The fourth-order valence-corrected chi connectivity index (χ4v) is 3.19. The molecule has 124 valence electrons. The molecule has 2 aromatic rings. The Kier molecular flexibility index (Phi) is 8.55. The van der Waals surface area contributed by atoms with Gasteiger partial charge in [-0.15, -0.1) is 0 Å². The van der Waals surface area contributed by atoms with Crippen LogP contribution in [0.5, 0.6) is 0 Å². The van der Waals surface area contributed by atoms with E-state index in [0.717, 1.165) is 0 Å². The molecule has 2 rings (SSSR count). The van der Waals surface area contributed by atoms with Crippen LogP contribution in [-0.2, 0) is 6.42 Å². The zero-order valence-corrected chi connectivity index (χ0v) is 14.8. The molecule has 0 unspecified atom stereocenters. The van der Waals surface area contributed by atoms with Crippen molar-refractivity contribution in [3.63, 3.8) is 0 Å². The Morgan fingerprint density at radius 2 is 1.39 bits per heavy atom. The van der Waals surface area contributed by atoms with Crippen molar-refractivity contribution in [1.29, 1.82) is 0 Å². The Hall–Kier alpha value is -1.56. The highest BCUT2D eigenvalue weighted by Crippen LogP contribution is 2.20. The Bertz CT molecular complexity index is 574. The maximum absolute atomic E-state index is 2.39. The van der Waals surface area contributed by atoms with E-state index in [1.54, 1.807) is 0 Å². The topological polar surface area (TPSA) is 0 Å². The van der Waals surface area contributed by atoms with Crippen molar-refractivity contribution in [1.82, 2.24) is 0 Å². The second-order valence-corrected chi connectivity index (χ2v) is 6.56. The normalized spacial score (nSPS) is 11.5. The van der Waals surface area contributed by atoms with Crippen molar-refractivity contribution in [2.75, 3.05) is 0 Å². The average Bonchev–Trinajstić information content (AvgIpc) is 2.60. The molecule has 2 aromatic carbocycles. The minimum absolute atomic E-state index is 1.20. The van der Waals surface area contributed by atoms with Crippen molar-refractivity contribution in [2.24, 2.45) is 0 Å². The number of fused-ring (bicyclic) bond motifs is 1. The highest BCUT2D eigenvalue weighted by Gasteiger charge is 1.99. The maximum Gasteiger partial charge on any atom is -0.0152 e. The van der Waals surface area contributed by atoms with Crippen LogP contribution < -0.4 is 0 Å². The van der Waals surface area contributed by atoms with Gasteiger partial charge in [0.2, 0.25) is 0 Å². The smallest absolute Gasteiger partial charge is 0.0152 e. The molecule has 0 nitrogen and oxygen atoms in total. The third-order valence-electron chi connectivity index (χ3n) is 4.59. The Labute approximate surface area is 142 Å². The molecule has 0 saturated carbocycles. The summed E-state index contributed by atoms with van der Waals surface area (Å²) in [7, 11) is 0. The van der Waals surface area contributed by atoms with Gasteiger partial charge < -0.3 is 0 Å². The molecule has 23 heavy (non-hydrogen) atoms. The van der Waals surface area contributed by atoms with Gasteiger partial charge in [-0.2, -0.15) is 0 Å². The van der Waals surface area contributed by atoms with Crippen molar-refractivity contribution in [3.8, 4) is 0 Å². The fraction of sp³-hybridized carbons (Fsp3) is 0.478. The van der Waals surface area contributed by atoms with Crippen molar-refractivity contribution in [3.05, 3.63) is 60.2 Å². The van der Waals surface area contributed by atoms with E-state index in [0.29, 0.717) is 0 Å². The summed E-state index contributed by atoms with van der Waals surface area (Å²) >= 11 is 0. The summed E-state index contributed by atoms with van der Waals surface area (Å²) in [6.07, 6.45) is 18.0. The lowest BCUT2D eigenvalue weighted by Gasteiger charge is -2.05. The van der Waals surface area contributed by atoms with Crippen LogP contribution in [0.1, 0.15) is 70.3 Å². The summed E-state index contributed by atoms with van der Waals surface area (Å²) < 4.78 is 0. The highest BCUT2D eigenvalue weighted by atomic mass is 14.0. The van der Waals surface area contributed by atoms with Crippen LogP contribution >= 0.6 is 0 Å². The molecular weight excluding hydrogens is 276 g/mol. The van der Waals surface area contributed by atoms with Crippen LogP contribution in [0, 0.1) is 0 Å². The van der Waals surface area contributed by atoms with Gasteiger partial charge >= 0.3 is 0 Å². The Morgan fingerprint density at radius 3 is 2.22 bits per heavy atom. The summed E-state index contributed by atoms with van der Waals surface area (Å²) in [5.41, 5.74) is 1.50. The van der Waals surface area contributed by atoms with E-state index in [9.17, 15) is 0 Å². The van der Waals surface area contributed by atoms with Crippen LogP contribution in [-0.4, -0.2) is 0 Å². The first kappa shape index (κ1) is 17.8. The van der Waals surface area contributed by atoms with Gasteiger partial charge in [0.05, 0.1) is 0 Å². The number of benzene rings is 2. The van der Waals surface area contributed by atoms with Crippen molar-refractivity contribution < 1.29 is 0 Å². The van der Waals surface area contributed by atoms with E-state index in [1.807, 2.05) is 0 Å². The fourth-order valence-electron chi connectivity index (χ4n) is 3.19. The molecule has 0 amide bonds. The minimum atomic E-state index is 1.20. The van der Waals surface area contributed by atoms with E-state index >= 15 is 0 Å². The van der Waals surface area contributed by atoms with Crippen LogP contribution in [0.15, 0.2) is 54.6 Å². The molecule has 0 fully saturated rings. The second-order valence-electron chi connectivity index (χ2n) is 6.56. The van der Waals surface area contributed by atoms with Crippen LogP contribution in [0.3, 0.4) is 0 Å². The predicted molar refractivity (Wildman–Crippen MR) is 104 cm³/mol. The summed E-state index contributed by atoms with van der Waals surface area (Å²) in [6, 6.07) is 15.4. The van der Waals surface area contributed by atoms with Crippen LogP contribution in [0.25, 0.3) is 10.8 Å². The monoisotopic (exact) mass is 308 g/mol. The first-order valence-electron chi connectivity index (χ1n) is 9.53. The Morgan fingerprint density at radius 1 is 0.696 bits per heavy atom. The lowest BCUT2D eigenvalue weighted by atomic mass is 10.00. The number of aryl methyl sites for hydroxylation is 1. The first-order chi connectivity index (χ1) is 11.4. The molecule has 0 radical (unpaired) electrons. The quantitative estimate of drug-likeness (QED) is 0.298. The molecule has 0 atom stereocenters. The van der Waals surface area contributed by atoms with Gasteiger partial charge in [0.1, 0.15) is 0 Å². The molecule has 0 aliphatic carbocycles. The van der Waals surface area contributed by atoms with E-state index in [1.165, 1.54) is 80.5 Å². The summed E-state index contributed by atoms with van der Waals surface area (Å²) in [5, 5.41) is 2.80. The predicted octanol–water partition coefficient (Wildman–Crippen LogP) is 7.47. The zero-order chi connectivity index (χ0) is 16.2. The van der Waals surface area contributed by atoms with Gasteiger partial charge in [-0.3, -0.25) is 0 Å². The average molecular weight is 309 g/mol. The molecule has 0 aromatic heterocycles. The summed E-state index contributed by atoms with van der Waals surface area (Å²) in [6.45, 7) is 2.28. The lowest BCUT2D eigenvalue weighted by Crippen LogP contribution is -1.87. The highest BCUT2D eigenvalue weighted by molar-refractivity contribution is 5.85. The number of hydrogen-bond donors (Lipinski definition) is 0. The molecule has 0 aliphatic rings. The molecule has 0 bridgehead atoms. The van der Waals surface area contributed by atoms with Crippen molar-refractivity contribution in [2.45, 2.75) is 71.1 Å². The summed E-state index contributed by atoms with van der Waals surface area (Å²) in [5.74, 6) is 0. The van der Waals surface area contributed by atoms with Gasteiger partial charge in [-0.1, -0.05) is 87.2 Å². The number of unbranched alkanes of at least 4 members (excludes halogenated alkanes) is 7. The van der Waals surface area contributed by atoms with E-state index in [4.69, 9.17) is 0 Å². The van der Waals surface area contributed by atoms with Gasteiger partial charge in [-0.25, -0.2) is 0 Å². The number of allylic oxidation sites excluding steroid dienone is 2. The zero-order valence-electron chi connectivity index (χ0n) is 14.8. The number of rotatable bonds is 11. The minimum Gasteiger partial charge on any atom is -0.0885 e. The second kappa shape index (κ2) is 11.0. The molecule has 0 heteroatoms. The third kappa shape index (κ3) is 6.60. The molecule has 0 aliphatic heterocycles. The molecular formula is C23H32. The summed E-state index contributed by atoms with van der Waals surface area (Å²) in [4.78, 5) is 0. The van der Waals surface area contributed by atoms with Crippen LogP contribution in [0.4, 0.5) is 0 Å². The SMILES string of the molecule is CCCCCCC/C=C/CCCCc1cccc2ccccc12. The van der Waals surface area contributed by atoms with E-state index in [-0.39, 0.29) is 0 Å². The van der Waals surface area contributed by atoms with Gasteiger partial charge in [0, 0.05) is 0 Å². The van der Waals surface area contributed by atoms with Crippen molar-refractivity contribution >= 4 is 10.8 Å². The molecule has 0 saturated heterocycles. The third-order valence-corrected chi connectivity index (χ3v) is 4.59. The standard InChI is InChI=1S/C23H32/c1-2-3-4-5-6-7-8-9-10-11-12-16-21-18-15-19-22-17-13-14-20-23(21)22/h8-9,13-15,17-20H,2-7,10-12,16H2,1H3/b9-8+.